The summed E-state index contributed by atoms with van der Waals surface area (Å²) in [5.74, 6) is 2.39. The summed E-state index contributed by atoms with van der Waals surface area (Å²) in [7, 11) is 0. The summed E-state index contributed by atoms with van der Waals surface area (Å²) in [6, 6.07) is 62.4. The quantitative estimate of drug-likeness (QED) is 0.163. The second-order valence-corrected chi connectivity index (χ2v) is 14.6. The number of furan rings is 1. The average molecular weight is 743 g/mol. The van der Waals surface area contributed by atoms with Gasteiger partial charge in [-0.2, -0.15) is 0 Å². The molecule has 6 nitrogen and oxygen atoms in total. The molecule has 3 heterocycles. The van der Waals surface area contributed by atoms with E-state index in [1.54, 1.807) is 0 Å². The lowest BCUT2D eigenvalue weighted by molar-refractivity contribution is 0.623. The molecule has 9 aromatic carbocycles. The highest BCUT2D eigenvalue weighted by Crippen LogP contribution is 2.40. The fourth-order valence-corrected chi connectivity index (χ4v) is 8.26. The highest BCUT2D eigenvalue weighted by Gasteiger charge is 2.18. The first-order chi connectivity index (χ1) is 28.7. The van der Waals surface area contributed by atoms with Crippen LogP contribution in [-0.2, 0) is 0 Å². The van der Waals surface area contributed by atoms with Crippen molar-refractivity contribution in [3.63, 3.8) is 0 Å². The molecule has 0 fully saturated rings. The molecule has 12 rings (SSSR count). The van der Waals surface area contributed by atoms with Crippen LogP contribution in [0.4, 0.5) is 0 Å². The van der Waals surface area contributed by atoms with Gasteiger partial charge in [-0.05, 0) is 81.2 Å². The van der Waals surface area contributed by atoms with Crippen LogP contribution in [-0.4, -0.2) is 19.9 Å². The van der Waals surface area contributed by atoms with Crippen LogP contribution < -0.4 is 0 Å². The summed E-state index contributed by atoms with van der Waals surface area (Å²) in [6.45, 7) is 0. The van der Waals surface area contributed by atoms with Gasteiger partial charge >= 0.3 is 0 Å². The van der Waals surface area contributed by atoms with Crippen molar-refractivity contribution in [1.29, 1.82) is 0 Å². The van der Waals surface area contributed by atoms with Gasteiger partial charge in [-0.1, -0.05) is 133 Å². The Balaban J connectivity index is 1.03. The summed E-state index contributed by atoms with van der Waals surface area (Å²) in [4.78, 5) is 20.3. The molecule has 3 aromatic heterocycles. The van der Waals surface area contributed by atoms with E-state index < -0.39 is 0 Å². The van der Waals surface area contributed by atoms with E-state index in [4.69, 9.17) is 28.8 Å². The van der Waals surface area contributed by atoms with Gasteiger partial charge in [0.2, 0.25) is 5.89 Å². The molecule has 0 N–H and O–H groups in total. The van der Waals surface area contributed by atoms with Crippen LogP contribution in [0.2, 0.25) is 0 Å². The number of para-hydroxylation sites is 1. The van der Waals surface area contributed by atoms with E-state index in [9.17, 15) is 0 Å². The van der Waals surface area contributed by atoms with Gasteiger partial charge in [0.25, 0.3) is 0 Å². The second-order valence-electron chi connectivity index (χ2n) is 14.6. The zero-order chi connectivity index (χ0) is 38.2. The largest absolute Gasteiger partial charge is 0.456 e. The van der Waals surface area contributed by atoms with Gasteiger partial charge in [-0.25, -0.2) is 19.9 Å². The number of hydrogen-bond donors (Lipinski definition) is 0. The molecular formula is C52H30N4O2. The van der Waals surface area contributed by atoms with Crippen molar-refractivity contribution in [1.82, 2.24) is 19.9 Å². The molecule has 0 saturated heterocycles. The monoisotopic (exact) mass is 742 g/mol. The number of oxazole rings is 1. The molecule has 0 amide bonds. The zero-order valence-corrected chi connectivity index (χ0v) is 30.9. The minimum Gasteiger partial charge on any atom is -0.456 e. The number of benzene rings is 9. The zero-order valence-electron chi connectivity index (χ0n) is 30.9. The third kappa shape index (κ3) is 5.27. The summed E-state index contributed by atoms with van der Waals surface area (Å²) in [6.07, 6.45) is 0. The molecule has 270 valence electrons. The first kappa shape index (κ1) is 32.3. The average Bonchev–Trinajstić information content (AvgIpc) is 3.91. The fraction of sp³-hybridized carbons (Fsp3) is 0. The molecule has 0 aliphatic rings. The lowest BCUT2D eigenvalue weighted by Crippen LogP contribution is -2.00. The fourth-order valence-electron chi connectivity index (χ4n) is 8.26. The van der Waals surface area contributed by atoms with Crippen LogP contribution in [0.25, 0.3) is 122 Å². The molecule has 12 aromatic rings. The molecule has 0 bridgehead atoms. The normalized spacial score (nSPS) is 11.8. The number of rotatable bonds is 5. The summed E-state index contributed by atoms with van der Waals surface area (Å²) < 4.78 is 12.7. The Morgan fingerprint density at radius 2 is 0.862 bits per heavy atom. The molecule has 58 heavy (non-hydrogen) atoms. The molecular weight excluding hydrogens is 713 g/mol. The maximum absolute atomic E-state index is 6.56. The number of fused-ring (bicyclic) bond motifs is 10. The lowest BCUT2D eigenvalue weighted by Gasteiger charge is -2.11. The second kappa shape index (κ2) is 12.8. The summed E-state index contributed by atoms with van der Waals surface area (Å²) in [5, 5.41) is 8.65. The highest BCUT2D eigenvalue weighted by molar-refractivity contribution is 6.26. The standard InChI is InChI=1S/C52H30N4O2/c1-3-9-31(10-4-1)32-15-20-35(21-16-32)49-54-50(56-51(55-49)39-25-28-45-42(30-39)41-13-7-8-14-44(41)57-45)38-23-26-40-37(29-38)22-19-33-17-18-34-24-27-43-48(47(34)46(33)40)58-52(53-43)36-11-5-2-6-12-36/h1-30H. The smallest absolute Gasteiger partial charge is 0.227 e. The maximum Gasteiger partial charge on any atom is 0.227 e. The van der Waals surface area contributed by atoms with Crippen LogP contribution in [0, 0.1) is 0 Å². The van der Waals surface area contributed by atoms with E-state index in [2.05, 4.69) is 109 Å². The lowest BCUT2D eigenvalue weighted by atomic mass is 9.95. The molecule has 0 radical (unpaired) electrons. The predicted octanol–water partition coefficient (Wildman–Crippen LogP) is 13.7. The predicted molar refractivity (Wildman–Crippen MR) is 234 cm³/mol. The molecule has 0 saturated carbocycles. The topological polar surface area (TPSA) is 77.8 Å². The molecule has 0 spiro atoms. The Morgan fingerprint density at radius 3 is 1.64 bits per heavy atom. The summed E-state index contributed by atoms with van der Waals surface area (Å²) in [5.41, 5.74) is 9.20. The van der Waals surface area contributed by atoms with E-state index in [0.29, 0.717) is 23.4 Å². The van der Waals surface area contributed by atoms with Gasteiger partial charge in [-0.15, -0.1) is 0 Å². The van der Waals surface area contributed by atoms with E-state index in [-0.39, 0.29) is 0 Å². The van der Waals surface area contributed by atoms with Gasteiger partial charge in [0.05, 0.1) is 0 Å². The van der Waals surface area contributed by atoms with E-state index >= 15 is 0 Å². The van der Waals surface area contributed by atoms with Crippen molar-refractivity contribution in [3.8, 4) is 56.7 Å². The number of aromatic nitrogens is 4. The van der Waals surface area contributed by atoms with Gasteiger partial charge in [0.15, 0.2) is 23.1 Å². The highest BCUT2D eigenvalue weighted by atomic mass is 16.3. The Kier molecular flexibility index (Phi) is 7.13. The van der Waals surface area contributed by atoms with Gasteiger partial charge < -0.3 is 8.83 Å². The van der Waals surface area contributed by atoms with Crippen molar-refractivity contribution < 1.29 is 8.83 Å². The van der Waals surface area contributed by atoms with Gasteiger partial charge in [0.1, 0.15) is 16.7 Å². The molecule has 0 atom stereocenters. The van der Waals surface area contributed by atoms with E-state index in [0.717, 1.165) is 98.7 Å². The minimum atomic E-state index is 0.589. The molecule has 0 unspecified atom stereocenters. The van der Waals surface area contributed by atoms with Gasteiger partial charge in [0, 0.05) is 43.8 Å². The van der Waals surface area contributed by atoms with Crippen molar-refractivity contribution in [2.24, 2.45) is 0 Å². The van der Waals surface area contributed by atoms with E-state index in [1.165, 1.54) is 0 Å². The third-order valence-electron chi connectivity index (χ3n) is 11.1. The number of nitrogens with zero attached hydrogens (tertiary/aromatic N) is 4. The Morgan fingerprint density at radius 1 is 0.310 bits per heavy atom. The van der Waals surface area contributed by atoms with Gasteiger partial charge in [-0.3, -0.25) is 0 Å². The first-order valence-corrected chi connectivity index (χ1v) is 19.3. The van der Waals surface area contributed by atoms with Crippen LogP contribution in [0.5, 0.6) is 0 Å². The maximum atomic E-state index is 6.56. The van der Waals surface area contributed by atoms with Crippen molar-refractivity contribution in [2.75, 3.05) is 0 Å². The third-order valence-corrected chi connectivity index (χ3v) is 11.1. The van der Waals surface area contributed by atoms with E-state index in [1.807, 2.05) is 72.8 Å². The minimum absolute atomic E-state index is 0.589. The van der Waals surface area contributed by atoms with Crippen LogP contribution >= 0.6 is 0 Å². The SMILES string of the molecule is c1ccc(-c2ccc(-c3nc(-c4ccc5c(ccc6ccc7ccc8nc(-c9ccccc9)oc8c7c65)c4)nc(-c4ccc5oc6ccccc6c5c4)n3)cc2)cc1. The summed E-state index contributed by atoms with van der Waals surface area (Å²) >= 11 is 0. The van der Waals surface area contributed by atoms with Crippen LogP contribution in [0.3, 0.4) is 0 Å². The Labute approximate surface area is 331 Å². The molecule has 6 heteroatoms. The Bertz CT molecular complexity index is 3560. The van der Waals surface area contributed by atoms with Crippen LogP contribution in [0.1, 0.15) is 0 Å². The van der Waals surface area contributed by atoms with Crippen molar-refractivity contribution >= 4 is 65.4 Å². The Hall–Kier alpha value is -7.96. The first-order valence-electron chi connectivity index (χ1n) is 19.3. The van der Waals surface area contributed by atoms with Crippen molar-refractivity contribution in [2.45, 2.75) is 0 Å². The molecule has 0 aliphatic carbocycles. The number of hydrogen-bond acceptors (Lipinski definition) is 6. The van der Waals surface area contributed by atoms with Crippen LogP contribution in [0.15, 0.2) is 191 Å². The van der Waals surface area contributed by atoms with Crippen molar-refractivity contribution in [3.05, 3.63) is 182 Å². The molecule has 0 aliphatic heterocycles.